The fraction of sp³-hybridized carbons (Fsp3) is 0.906. The topological polar surface area (TPSA) is 72.5 Å². The van der Waals surface area contributed by atoms with Gasteiger partial charge in [0.15, 0.2) is 0 Å². The first-order valence-electron chi connectivity index (χ1n) is 15.2. The minimum atomic E-state index is -0.673. The molecule has 1 N–H and O–H groups in total. The quantitative estimate of drug-likeness (QED) is 0.326. The van der Waals surface area contributed by atoms with Gasteiger partial charge >= 0.3 is 5.97 Å². The van der Waals surface area contributed by atoms with Crippen LogP contribution in [0, 0.1) is 51.2 Å². The third-order valence-electron chi connectivity index (χ3n) is 13.0. The van der Waals surface area contributed by atoms with Crippen molar-refractivity contribution in [3.05, 3.63) is 0 Å². The first-order valence-corrected chi connectivity index (χ1v) is 15.2. The van der Waals surface area contributed by atoms with Gasteiger partial charge in [-0.3, -0.25) is 9.59 Å². The Hall–Kier alpha value is -1.39. The lowest BCUT2D eigenvalue weighted by Crippen LogP contribution is -2.65. The van der Waals surface area contributed by atoms with Crippen LogP contribution in [-0.2, 0) is 19.1 Å². The largest absolute Gasteiger partial charge is 0.462 e. The zero-order valence-electron chi connectivity index (χ0n) is 24.2. The molecule has 5 nitrogen and oxygen atoms in total. The van der Waals surface area contributed by atoms with Gasteiger partial charge in [0, 0.05) is 16.4 Å². The molecular formula is C32H51NO4. The lowest BCUT2D eigenvalue weighted by atomic mass is 9.36. The van der Waals surface area contributed by atoms with E-state index in [1.807, 2.05) is 0 Å². The van der Waals surface area contributed by atoms with Crippen LogP contribution < -0.4 is 5.32 Å². The van der Waals surface area contributed by atoms with Crippen molar-refractivity contribution in [1.82, 2.24) is 5.32 Å². The summed E-state index contributed by atoms with van der Waals surface area (Å²) in [7, 11) is 0. The molecule has 5 aliphatic rings. The van der Waals surface area contributed by atoms with Gasteiger partial charge in [0.05, 0.1) is 6.42 Å². The lowest BCUT2D eigenvalue weighted by molar-refractivity contribution is -0.219. The van der Waals surface area contributed by atoms with E-state index in [-0.39, 0.29) is 34.9 Å². The number of aldehydes is 1. The first kappa shape index (κ1) is 27.2. The van der Waals surface area contributed by atoms with Crippen molar-refractivity contribution in [2.45, 2.75) is 130 Å². The lowest BCUT2D eigenvalue weighted by Gasteiger charge is -2.69. The monoisotopic (exact) mass is 513 g/mol. The van der Waals surface area contributed by atoms with Crippen molar-refractivity contribution in [3.63, 3.8) is 0 Å². The Bertz CT molecular complexity index is 928. The van der Waals surface area contributed by atoms with E-state index in [1.54, 1.807) is 13.8 Å². The van der Waals surface area contributed by atoms with Crippen molar-refractivity contribution >= 4 is 18.7 Å². The van der Waals surface area contributed by atoms with E-state index in [2.05, 4.69) is 33.0 Å². The molecule has 0 spiro atoms. The molecular weight excluding hydrogens is 462 g/mol. The molecule has 0 bridgehead atoms. The van der Waals surface area contributed by atoms with E-state index in [4.69, 9.17) is 4.74 Å². The maximum absolute atomic E-state index is 12.8. The summed E-state index contributed by atoms with van der Waals surface area (Å²) in [4.78, 5) is 35.7. The fourth-order valence-corrected chi connectivity index (χ4v) is 11.4. The number of rotatable bonds is 6. The molecule has 0 aromatic heterocycles. The standard InChI is InChI=1S/C32H51NO4/c1-28(2,19-34)18-27(36)37-26-13-16-31(6)24(29(26,3)4)12-15-30(5)22-11-17-32(33-20-35)14-7-8-23(32)21(22)9-10-25(30)31/h19-26H,7-18H2,1-6H3,(H,33,35). The molecule has 0 aromatic rings. The summed E-state index contributed by atoms with van der Waals surface area (Å²) < 4.78 is 6.13. The summed E-state index contributed by atoms with van der Waals surface area (Å²) in [6.45, 7) is 13.5. The Balaban J connectivity index is 1.35. The van der Waals surface area contributed by atoms with E-state index in [9.17, 15) is 14.4 Å². The van der Waals surface area contributed by atoms with Crippen molar-refractivity contribution in [2.75, 3.05) is 0 Å². The van der Waals surface area contributed by atoms with Crippen LogP contribution in [0.4, 0.5) is 0 Å². The molecule has 208 valence electrons. The Labute approximate surface area is 224 Å². The van der Waals surface area contributed by atoms with Crippen molar-refractivity contribution < 1.29 is 19.1 Å². The Morgan fingerprint density at radius 2 is 1.59 bits per heavy atom. The van der Waals surface area contributed by atoms with Crippen molar-refractivity contribution in [2.24, 2.45) is 51.2 Å². The predicted molar refractivity (Wildman–Crippen MR) is 145 cm³/mol. The molecule has 0 heterocycles. The van der Waals surface area contributed by atoms with Gasteiger partial charge in [-0.1, -0.05) is 48.0 Å². The second-order valence-corrected chi connectivity index (χ2v) is 15.6. The summed E-state index contributed by atoms with van der Waals surface area (Å²) in [5, 5.41) is 3.34. The molecule has 0 aromatic carbocycles. The normalized spacial score (nSPS) is 46.4. The van der Waals surface area contributed by atoms with Crippen LogP contribution in [0.1, 0.15) is 119 Å². The molecule has 37 heavy (non-hydrogen) atoms. The smallest absolute Gasteiger partial charge is 0.307 e. The molecule has 5 rings (SSSR count). The zero-order valence-corrected chi connectivity index (χ0v) is 24.2. The van der Waals surface area contributed by atoms with Crippen LogP contribution >= 0.6 is 0 Å². The molecule has 5 fully saturated rings. The van der Waals surface area contributed by atoms with Gasteiger partial charge in [-0.15, -0.1) is 0 Å². The number of carbonyl (C=O) groups excluding carboxylic acids is 3. The second kappa shape index (κ2) is 9.08. The van der Waals surface area contributed by atoms with Gasteiger partial charge in [-0.2, -0.15) is 0 Å². The molecule has 9 unspecified atom stereocenters. The number of hydrogen-bond donors (Lipinski definition) is 1. The number of nitrogens with one attached hydrogen (secondary N) is 1. The minimum absolute atomic E-state index is 0.0650. The van der Waals surface area contributed by atoms with Crippen LogP contribution in [0.15, 0.2) is 0 Å². The molecule has 5 saturated carbocycles. The Morgan fingerprint density at radius 1 is 0.865 bits per heavy atom. The highest BCUT2D eigenvalue weighted by atomic mass is 16.5. The highest BCUT2D eigenvalue weighted by molar-refractivity contribution is 5.75. The number of fused-ring (bicyclic) bond motifs is 7. The summed E-state index contributed by atoms with van der Waals surface area (Å²) in [5.74, 6) is 3.17. The van der Waals surface area contributed by atoms with Crippen LogP contribution in [0.5, 0.6) is 0 Å². The van der Waals surface area contributed by atoms with E-state index in [1.165, 1.54) is 44.9 Å². The van der Waals surface area contributed by atoms with E-state index in [0.29, 0.717) is 23.2 Å². The first-order chi connectivity index (χ1) is 17.3. The number of ether oxygens (including phenoxy) is 1. The fourth-order valence-electron chi connectivity index (χ4n) is 11.4. The van der Waals surface area contributed by atoms with E-state index >= 15 is 0 Å². The van der Waals surface area contributed by atoms with Crippen LogP contribution in [0.2, 0.25) is 0 Å². The second-order valence-electron chi connectivity index (χ2n) is 15.6. The van der Waals surface area contributed by atoms with Crippen molar-refractivity contribution in [1.29, 1.82) is 0 Å². The van der Waals surface area contributed by atoms with Crippen molar-refractivity contribution in [3.8, 4) is 0 Å². The molecule has 5 heteroatoms. The molecule has 0 saturated heterocycles. The third kappa shape index (κ3) is 4.11. The minimum Gasteiger partial charge on any atom is -0.462 e. The third-order valence-corrected chi connectivity index (χ3v) is 13.0. The summed E-state index contributed by atoms with van der Waals surface area (Å²) >= 11 is 0. The predicted octanol–water partition coefficient (Wildman–Crippen LogP) is 6.48. The molecule has 1 amide bonds. The maximum atomic E-state index is 12.8. The number of amides is 1. The summed E-state index contributed by atoms with van der Waals surface area (Å²) in [6, 6.07) is 0. The van der Waals surface area contributed by atoms with Gasteiger partial charge in [0.25, 0.3) is 0 Å². The van der Waals surface area contributed by atoms with E-state index in [0.717, 1.165) is 50.2 Å². The SMILES string of the molecule is CC(C)(C=O)CC(=O)OC1CCC2(C)C(CCC3(C)C4CCC5(NC=O)CCCC5C4CCC32)C1(C)C. The number of esters is 1. The molecule has 0 aliphatic heterocycles. The molecule has 0 radical (unpaired) electrons. The number of hydrogen-bond acceptors (Lipinski definition) is 4. The molecule has 9 atom stereocenters. The number of carbonyl (C=O) groups is 3. The summed E-state index contributed by atoms with van der Waals surface area (Å²) in [5.41, 5.74) is -0.0635. The Kier molecular flexibility index (Phi) is 6.67. The zero-order chi connectivity index (χ0) is 26.9. The van der Waals surface area contributed by atoms with Gasteiger partial charge in [0.1, 0.15) is 12.4 Å². The van der Waals surface area contributed by atoms with E-state index < -0.39 is 5.41 Å². The van der Waals surface area contributed by atoms with Crippen LogP contribution in [-0.4, -0.2) is 30.3 Å². The van der Waals surface area contributed by atoms with Crippen LogP contribution in [0.25, 0.3) is 0 Å². The Morgan fingerprint density at radius 3 is 2.30 bits per heavy atom. The van der Waals surface area contributed by atoms with Gasteiger partial charge < -0.3 is 14.8 Å². The highest BCUT2D eigenvalue weighted by Gasteiger charge is 2.66. The van der Waals surface area contributed by atoms with Gasteiger partial charge in [0.2, 0.25) is 6.41 Å². The highest BCUT2D eigenvalue weighted by Crippen LogP contribution is 2.72. The van der Waals surface area contributed by atoms with Gasteiger partial charge in [-0.25, -0.2) is 0 Å². The summed E-state index contributed by atoms with van der Waals surface area (Å²) in [6.07, 6.45) is 15.1. The maximum Gasteiger partial charge on any atom is 0.307 e. The van der Waals surface area contributed by atoms with Crippen LogP contribution in [0.3, 0.4) is 0 Å². The average Bonchev–Trinajstić information content (AvgIpc) is 3.25. The van der Waals surface area contributed by atoms with Gasteiger partial charge in [-0.05, 0) is 105 Å². The average molecular weight is 514 g/mol. The molecule has 5 aliphatic carbocycles.